The lowest BCUT2D eigenvalue weighted by Crippen LogP contribution is -1.98. The molecular weight excluding hydrogens is 142 g/mol. The Kier molecular flexibility index (Phi) is 5.18. The van der Waals surface area contributed by atoms with Gasteiger partial charge in [0.15, 0.2) is 0 Å². The molecule has 0 spiro atoms. The first-order valence-corrected chi connectivity index (χ1v) is 3.82. The number of hydrogen-bond donors (Lipinski definition) is 1. The Morgan fingerprint density at radius 3 is 2.73 bits per heavy atom. The van der Waals surface area contributed by atoms with Crippen molar-refractivity contribution in [1.82, 2.24) is 0 Å². The number of carbonyl (C=O) groups is 1. The number of nitrogens with zero attached hydrogens (tertiary/aromatic N) is 1. The van der Waals surface area contributed by atoms with Crippen LogP contribution in [0.1, 0.15) is 32.6 Å². The van der Waals surface area contributed by atoms with Crippen LogP contribution in [0.4, 0.5) is 0 Å². The largest absolute Gasteiger partial charge is 0.481 e. The molecule has 11 heavy (non-hydrogen) atoms. The summed E-state index contributed by atoms with van der Waals surface area (Å²) in [5.74, 6) is -0.743. The molecule has 3 heteroatoms. The fourth-order valence-corrected chi connectivity index (χ4v) is 0.860. The molecule has 3 nitrogen and oxygen atoms in total. The number of hydrogen-bond acceptors (Lipinski definition) is 2. The van der Waals surface area contributed by atoms with E-state index in [1.54, 1.807) is 0 Å². The summed E-state index contributed by atoms with van der Waals surface area (Å²) in [6.45, 7) is 1.94. The molecule has 0 saturated heterocycles. The van der Waals surface area contributed by atoms with Gasteiger partial charge < -0.3 is 5.11 Å². The van der Waals surface area contributed by atoms with Gasteiger partial charge in [0.25, 0.3) is 0 Å². The maximum Gasteiger partial charge on any atom is 0.303 e. The van der Waals surface area contributed by atoms with Gasteiger partial charge >= 0.3 is 5.97 Å². The van der Waals surface area contributed by atoms with Crippen LogP contribution in [-0.2, 0) is 4.79 Å². The Bertz CT molecular complexity index is 160. The molecule has 0 fully saturated rings. The average Bonchev–Trinajstić information content (AvgIpc) is 1.98. The van der Waals surface area contributed by atoms with E-state index in [2.05, 4.69) is 6.07 Å². The maximum absolute atomic E-state index is 10.1. The quantitative estimate of drug-likeness (QED) is 0.658. The Balaban J connectivity index is 3.38. The fraction of sp³-hybridized carbons (Fsp3) is 0.750. The van der Waals surface area contributed by atoms with Gasteiger partial charge in [-0.3, -0.25) is 4.79 Å². The van der Waals surface area contributed by atoms with Gasteiger partial charge in [-0.15, -0.1) is 0 Å². The third-order valence-electron chi connectivity index (χ3n) is 1.62. The van der Waals surface area contributed by atoms with E-state index in [-0.39, 0.29) is 12.3 Å². The minimum atomic E-state index is -0.780. The van der Waals surface area contributed by atoms with E-state index in [0.29, 0.717) is 12.8 Å². The monoisotopic (exact) mass is 155 g/mol. The van der Waals surface area contributed by atoms with Gasteiger partial charge in [0.2, 0.25) is 0 Å². The number of rotatable bonds is 5. The van der Waals surface area contributed by atoms with Gasteiger partial charge in [0.05, 0.1) is 6.07 Å². The number of carboxylic acid groups (broad SMARTS) is 1. The maximum atomic E-state index is 10.1. The summed E-state index contributed by atoms with van der Waals surface area (Å²) in [5, 5.41) is 16.8. The van der Waals surface area contributed by atoms with Crippen molar-refractivity contribution in [3.05, 3.63) is 0 Å². The Morgan fingerprint density at radius 1 is 1.73 bits per heavy atom. The van der Waals surface area contributed by atoms with Crippen molar-refractivity contribution in [3.8, 4) is 6.07 Å². The molecule has 0 aliphatic rings. The summed E-state index contributed by atoms with van der Waals surface area (Å²) in [6.07, 6.45) is 2.31. The molecule has 0 aliphatic heterocycles. The molecule has 0 aromatic heterocycles. The van der Waals surface area contributed by atoms with Crippen LogP contribution < -0.4 is 0 Å². The molecular formula is C8H13NO2. The molecule has 0 amide bonds. The molecule has 0 radical (unpaired) electrons. The molecule has 0 rings (SSSR count). The van der Waals surface area contributed by atoms with E-state index >= 15 is 0 Å². The fourth-order valence-electron chi connectivity index (χ4n) is 0.860. The predicted molar refractivity (Wildman–Crippen MR) is 40.9 cm³/mol. The van der Waals surface area contributed by atoms with E-state index in [1.807, 2.05) is 6.92 Å². The second-order valence-corrected chi connectivity index (χ2v) is 2.52. The lowest BCUT2D eigenvalue weighted by molar-refractivity contribution is -0.137. The number of aliphatic carboxylic acids is 1. The van der Waals surface area contributed by atoms with Gasteiger partial charge in [0, 0.05) is 12.3 Å². The van der Waals surface area contributed by atoms with Crippen LogP contribution in [0.25, 0.3) is 0 Å². The van der Waals surface area contributed by atoms with E-state index in [1.165, 1.54) is 0 Å². The van der Waals surface area contributed by atoms with Crippen LogP contribution in [-0.4, -0.2) is 11.1 Å². The van der Waals surface area contributed by atoms with Crippen LogP contribution >= 0.6 is 0 Å². The van der Waals surface area contributed by atoms with E-state index < -0.39 is 5.97 Å². The molecule has 0 heterocycles. The van der Waals surface area contributed by atoms with Gasteiger partial charge in [-0.2, -0.15) is 5.26 Å². The summed E-state index contributed by atoms with van der Waals surface area (Å²) in [4.78, 5) is 10.1. The third kappa shape index (κ3) is 5.41. The standard InChI is InChI=1S/C8H13NO2/c1-2-7(6-9)4-3-5-8(10)11/h7H,2-5H2,1H3,(H,10,11). The highest BCUT2D eigenvalue weighted by Crippen LogP contribution is 2.10. The number of nitriles is 1. The summed E-state index contributed by atoms with van der Waals surface area (Å²) in [5.41, 5.74) is 0. The second-order valence-electron chi connectivity index (χ2n) is 2.52. The lowest BCUT2D eigenvalue weighted by atomic mass is 10.0. The Labute approximate surface area is 66.6 Å². The molecule has 0 saturated carbocycles. The topological polar surface area (TPSA) is 61.1 Å². The molecule has 1 unspecified atom stereocenters. The first-order valence-electron chi connectivity index (χ1n) is 3.82. The zero-order valence-corrected chi connectivity index (χ0v) is 6.71. The summed E-state index contributed by atoms with van der Waals surface area (Å²) in [6, 6.07) is 2.13. The predicted octanol–water partition coefficient (Wildman–Crippen LogP) is 1.79. The minimum Gasteiger partial charge on any atom is -0.481 e. The van der Waals surface area contributed by atoms with Crippen molar-refractivity contribution in [2.75, 3.05) is 0 Å². The first kappa shape index (κ1) is 9.96. The van der Waals surface area contributed by atoms with Crippen LogP contribution in [0.2, 0.25) is 0 Å². The molecule has 1 atom stereocenters. The van der Waals surface area contributed by atoms with Crippen molar-refractivity contribution >= 4 is 5.97 Å². The summed E-state index contributed by atoms with van der Waals surface area (Å²) in [7, 11) is 0. The highest BCUT2D eigenvalue weighted by atomic mass is 16.4. The highest BCUT2D eigenvalue weighted by molar-refractivity contribution is 5.66. The zero-order valence-electron chi connectivity index (χ0n) is 6.71. The van der Waals surface area contributed by atoms with Gasteiger partial charge in [0.1, 0.15) is 0 Å². The van der Waals surface area contributed by atoms with Crippen LogP contribution in [0.5, 0.6) is 0 Å². The molecule has 62 valence electrons. The molecule has 0 aromatic carbocycles. The van der Waals surface area contributed by atoms with E-state index in [9.17, 15) is 4.79 Å². The molecule has 0 bridgehead atoms. The van der Waals surface area contributed by atoms with Gasteiger partial charge in [-0.25, -0.2) is 0 Å². The minimum absolute atomic E-state index is 0.0364. The summed E-state index contributed by atoms with van der Waals surface area (Å²) >= 11 is 0. The van der Waals surface area contributed by atoms with E-state index in [0.717, 1.165) is 6.42 Å². The van der Waals surface area contributed by atoms with Crippen molar-refractivity contribution < 1.29 is 9.90 Å². The van der Waals surface area contributed by atoms with Crippen molar-refractivity contribution in [1.29, 1.82) is 5.26 Å². The van der Waals surface area contributed by atoms with E-state index in [4.69, 9.17) is 10.4 Å². The Morgan fingerprint density at radius 2 is 2.36 bits per heavy atom. The SMILES string of the molecule is CCC(C#N)CCCC(=O)O. The van der Waals surface area contributed by atoms with Crippen molar-refractivity contribution in [2.45, 2.75) is 32.6 Å². The smallest absolute Gasteiger partial charge is 0.303 e. The highest BCUT2D eigenvalue weighted by Gasteiger charge is 2.04. The van der Waals surface area contributed by atoms with Crippen LogP contribution in [0.15, 0.2) is 0 Å². The number of carboxylic acids is 1. The third-order valence-corrected chi connectivity index (χ3v) is 1.62. The second kappa shape index (κ2) is 5.72. The van der Waals surface area contributed by atoms with Gasteiger partial charge in [-0.1, -0.05) is 6.92 Å². The van der Waals surface area contributed by atoms with Gasteiger partial charge in [-0.05, 0) is 19.3 Å². The first-order chi connectivity index (χ1) is 5.20. The normalized spacial score (nSPS) is 12.0. The zero-order chi connectivity index (χ0) is 8.69. The van der Waals surface area contributed by atoms with Crippen molar-refractivity contribution in [3.63, 3.8) is 0 Å². The summed E-state index contributed by atoms with van der Waals surface area (Å²) < 4.78 is 0. The van der Waals surface area contributed by atoms with Crippen LogP contribution in [0, 0.1) is 17.2 Å². The average molecular weight is 155 g/mol. The molecule has 1 N–H and O–H groups in total. The van der Waals surface area contributed by atoms with Crippen molar-refractivity contribution in [2.24, 2.45) is 5.92 Å². The Hall–Kier alpha value is -1.04. The molecule has 0 aromatic rings. The lowest BCUT2D eigenvalue weighted by Gasteiger charge is -2.02. The van der Waals surface area contributed by atoms with Crippen LogP contribution in [0.3, 0.4) is 0 Å². The molecule has 0 aliphatic carbocycles.